The summed E-state index contributed by atoms with van der Waals surface area (Å²) in [5.74, 6) is -1.50. The van der Waals surface area contributed by atoms with Gasteiger partial charge in [-0.2, -0.15) is 0 Å². The van der Waals surface area contributed by atoms with Crippen molar-refractivity contribution in [2.24, 2.45) is 17.1 Å². The van der Waals surface area contributed by atoms with Gasteiger partial charge in [-0.25, -0.2) is 9.59 Å². The van der Waals surface area contributed by atoms with Gasteiger partial charge in [-0.15, -0.1) is 0 Å². The van der Waals surface area contributed by atoms with Crippen molar-refractivity contribution in [3.05, 3.63) is 29.8 Å². The highest BCUT2D eigenvalue weighted by Crippen LogP contribution is 2.13. The van der Waals surface area contributed by atoms with E-state index in [1.807, 2.05) is 20.8 Å². The second kappa shape index (κ2) is 21.7. The number of alkyl carbamates (subject to hydrolysis) is 2. The van der Waals surface area contributed by atoms with E-state index in [0.717, 1.165) is 0 Å². The zero-order valence-corrected chi connectivity index (χ0v) is 27.9. The Morgan fingerprint density at radius 2 is 1.37 bits per heavy atom. The van der Waals surface area contributed by atoms with Gasteiger partial charge >= 0.3 is 12.2 Å². The van der Waals surface area contributed by atoms with E-state index < -0.39 is 36.1 Å². The Bertz CT molecular complexity index is 1090. The number of nitrogens with one attached hydrogen (secondary N) is 5. The zero-order valence-electron chi connectivity index (χ0n) is 27.9. The summed E-state index contributed by atoms with van der Waals surface area (Å²) in [7, 11) is 0. The number of benzene rings is 1. The molecule has 0 saturated heterocycles. The molecule has 0 fully saturated rings. The monoisotopic (exact) mass is 652 g/mol. The highest BCUT2D eigenvalue weighted by atomic mass is 16.6. The van der Waals surface area contributed by atoms with Gasteiger partial charge in [-0.1, -0.05) is 46.8 Å². The molecule has 260 valence electrons. The van der Waals surface area contributed by atoms with Crippen LogP contribution < -0.4 is 32.3 Å². The number of carbonyl (C=O) groups excluding carboxylic acids is 5. The summed E-state index contributed by atoms with van der Waals surface area (Å²) in [5.41, 5.74) is 6.36. The number of amides is 5. The molecule has 0 aliphatic carbocycles. The molecule has 1 aromatic carbocycles. The standard InChI is InChI=1S/C31H52N6O9/c1-21(2)26(37-25(38)11-15-43-17-18-44-16-12-32)28(40)35-22(3)27(39)36-24-9-7-23(8-10-24)19-45-29(41)33-13-14-34-30(42)46-20-31(4,5)6/h7-10,21-22,26H,11-20,32H2,1-6H3,(H,33,41)(H,34,42)(H,35,40)(H,36,39)(H,37,38)/t22-,26-/m0/s1. The maximum atomic E-state index is 12.9. The van der Waals surface area contributed by atoms with Crippen LogP contribution in [0.15, 0.2) is 24.3 Å². The fourth-order valence-electron chi connectivity index (χ4n) is 3.52. The Kier molecular flexibility index (Phi) is 18.9. The summed E-state index contributed by atoms with van der Waals surface area (Å²) < 4.78 is 20.8. The first-order valence-corrected chi connectivity index (χ1v) is 15.4. The van der Waals surface area contributed by atoms with E-state index in [2.05, 4.69) is 26.6 Å². The lowest BCUT2D eigenvalue weighted by Crippen LogP contribution is -2.53. The lowest BCUT2D eigenvalue weighted by Gasteiger charge is -2.24. The van der Waals surface area contributed by atoms with Gasteiger partial charge in [0, 0.05) is 31.7 Å². The lowest BCUT2D eigenvalue weighted by atomic mass is 9.99. The third kappa shape index (κ3) is 18.8. The van der Waals surface area contributed by atoms with Crippen LogP contribution in [-0.2, 0) is 39.9 Å². The van der Waals surface area contributed by atoms with Gasteiger partial charge in [0.15, 0.2) is 0 Å². The molecule has 46 heavy (non-hydrogen) atoms. The first-order chi connectivity index (χ1) is 21.7. The van der Waals surface area contributed by atoms with Gasteiger partial charge in [0.05, 0.1) is 33.0 Å². The normalized spacial score (nSPS) is 12.4. The molecule has 0 aliphatic rings. The van der Waals surface area contributed by atoms with Crippen molar-refractivity contribution < 1.29 is 42.9 Å². The fraction of sp³-hybridized carbons (Fsp3) is 0.645. The summed E-state index contributed by atoms with van der Waals surface area (Å²) in [6, 6.07) is 4.92. The van der Waals surface area contributed by atoms with Crippen LogP contribution in [0.2, 0.25) is 0 Å². The van der Waals surface area contributed by atoms with E-state index >= 15 is 0 Å². The smallest absolute Gasteiger partial charge is 0.407 e. The van der Waals surface area contributed by atoms with Crippen LogP contribution in [0.25, 0.3) is 0 Å². The van der Waals surface area contributed by atoms with Crippen LogP contribution in [0.1, 0.15) is 53.5 Å². The lowest BCUT2D eigenvalue weighted by molar-refractivity contribution is -0.132. The van der Waals surface area contributed by atoms with Crippen LogP contribution in [0.3, 0.4) is 0 Å². The van der Waals surface area contributed by atoms with Crippen molar-refractivity contribution in [1.82, 2.24) is 21.3 Å². The van der Waals surface area contributed by atoms with Crippen molar-refractivity contribution in [1.29, 1.82) is 0 Å². The third-order valence-electron chi connectivity index (χ3n) is 6.02. The van der Waals surface area contributed by atoms with Crippen molar-refractivity contribution in [3.8, 4) is 0 Å². The van der Waals surface area contributed by atoms with Gasteiger partial charge in [0.1, 0.15) is 18.7 Å². The number of ether oxygens (including phenoxy) is 4. The molecule has 15 nitrogen and oxygen atoms in total. The van der Waals surface area contributed by atoms with E-state index in [9.17, 15) is 24.0 Å². The maximum Gasteiger partial charge on any atom is 0.407 e. The predicted octanol–water partition coefficient (Wildman–Crippen LogP) is 1.65. The fourth-order valence-corrected chi connectivity index (χ4v) is 3.52. The van der Waals surface area contributed by atoms with Gasteiger partial charge in [-0.3, -0.25) is 14.4 Å². The number of carbonyl (C=O) groups is 5. The van der Waals surface area contributed by atoms with Crippen molar-refractivity contribution in [3.63, 3.8) is 0 Å². The quantitative estimate of drug-likeness (QED) is 0.112. The molecule has 15 heteroatoms. The summed E-state index contributed by atoms with van der Waals surface area (Å²) >= 11 is 0. The highest BCUT2D eigenvalue weighted by Gasteiger charge is 2.27. The summed E-state index contributed by atoms with van der Waals surface area (Å²) in [4.78, 5) is 61.5. The Morgan fingerprint density at radius 1 is 0.783 bits per heavy atom. The number of anilines is 1. The summed E-state index contributed by atoms with van der Waals surface area (Å²) in [6.45, 7) is 13.3. The Hall–Kier alpha value is -3.95. The van der Waals surface area contributed by atoms with Gasteiger partial charge < -0.3 is 51.3 Å². The van der Waals surface area contributed by atoms with E-state index in [1.165, 1.54) is 6.92 Å². The first-order valence-electron chi connectivity index (χ1n) is 15.4. The molecule has 0 radical (unpaired) electrons. The molecule has 0 saturated carbocycles. The molecule has 0 aliphatic heterocycles. The number of hydrogen-bond donors (Lipinski definition) is 6. The molecule has 1 aromatic rings. The summed E-state index contributed by atoms with van der Waals surface area (Å²) in [6.07, 6.45) is -1.14. The van der Waals surface area contributed by atoms with E-state index in [-0.39, 0.29) is 56.6 Å². The average Bonchev–Trinajstić information content (AvgIpc) is 2.99. The van der Waals surface area contributed by atoms with Gasteiger partial charge in [0.25, 0.3) is 0 Å². The van der Waals surface area contributed by atoms with E-state index in [1.54, 1.807) is 38.1 Å². The second-order valence-electron chi connectivity index (χ2n) is 12.0. The van der Waals surface area contributed by atoms with Crippen LogP contribution in [0, 0.1) is 11.3 Å². The largest absolute Gasteiger partial charge is 0.449 e. The van der Waals surface area contributed by atoms with E-state index in [0.29, 0.717) is 37.6 Å². The Labute approximate surface area is 271 Å². The van der Waals surface area contributed by atoms with Crippen LogP contribution in [0.5, 0.6) is 0 Å². The van der Waals surface area contributed by atoms with Gasteiger partial charge in [0.2, 0.25) is 17.7 Å². The minimum atomic E-state index is -0.885. The number of hydrogen-bond acceptors (Lipinski definition) is 10. The summed E-state index contributed by atoms with van der Waals surface area (Å²) in [5, 5.41) is 13.1. The van der Waals surface area contributed by atoms with Crippen LogP contribution >= 0.6 is 0 Å². The molecule has 2 atom stereocenters. The molecule has 5 amide bonds. The molecule has 0 unspecified atom stereocenters. The van der Waals surface area contributed by atoms with Crippen molar-refractivity contribution >= 4 is 35.6 Å². The SMILES string of the molecule is CC(C)[C@H](NC(=O)CCOCCOCCN)C(=O)N[C@@H](C)C(=O)Nc1ccc(COC(=O)NCCNC(=O)OCC(C)(C)C)cc1. The molecule has 7 N–H and O–H groups in total. The molecule has 0 spiro atoms. The minimum absolute atomic E-state index is 0.00871. The number of nitrogens with two attached hydrogens (primary N) is 1. The van der Waals surface area contributed by atoms with E-state index in [4.69, 9.17) is 24.7 Å². The predicted molar refractivity (Wildman–Crippen MR) is 172 cm³/mol. The topological polar surface area (TPSA) is 208 Å². The maximum absolute atomic E-state index is 12.9. The van der Waals surface area contributed by atoms with Crippen molar-refractivity contribution in [2.45, 2.75) is 66.7 Å². The highest BCUT2D eigenvalue weighted by molar-refractivity contribution is 5.98. The molecule has 0 aromatic heterocycles. The Morgan fingerprint density at radius 3 is 1.93 bits per heavy atom. The molecular formula is C31H52N6O9. The Balaban J connectivity index is 2.39. The van der Waals surface area contributed by atoms with Crippen LogP contribution in [-0.4, -0.2) is 94.7 Å². The van der Waals surface area contributed by atoms with Crippen LogP contribution in [0.4, 0.5) is 15.3 Å². The zero-order chi connectivity index (χ0) is 34.5. The third-order valence-corrected chi connectivity index (χ3v) is 6.02. The molecular weight excluding hydrogens is 600 g/mol. The minimum Gasteiger partial charge on any atom is -0.449 e. The molecule has 0 heterocycles. The van der Waals surface area contributed by atoms with Crippen molar-refractivity contribution in [2.75, 3.05) is 58.0 Å². The number of rotatable bonds is 20. The molecule has 0 bridgehead atoms. The van der Waals surface area contributed by atoms with Gasteiger partial charge in [-0.05, 0) is 36.0 Å². The second-order valence-corrected chi connectivity index (χ2v) is 12.0. The average molecular weight is 653 g/mol. The molecule has 1 rings (SSSR count). The first kappa shape index (κ1) is 40.1.